The van der Waals surface area contributed by atoms with E-state index in [4.69, 9.17) is 0 Å². The Labute approximate surface area is 242 Å². The van der Waals surface area contributed by atoms with Gasteiger partial charge in [-0.25, -0.2) is 4.39 Å². The van der Waals surface area contributed by atoms with E-state index in [9.17, 15) is 34.2 Å². The van der Waals surface area contributed by atoms with E-state index in [2.05, 4.69) is 4.52 Å². The molecule has 8 nitrogen and oxygen atoms in total. The smallest absolute Gasteiger partial charge is 0.790 e. The second-order valence-corrected chi connectivity index (χ2v) is 11.5. The first kappa shape index (κ1) is 31.0. The SMILES string of the molecule is C[C@@H]1C[C@H]2C3CCC4=CC(=O)C=C[C@]4(C)[C@@]3(F)[C@@H](O)C[C@]2(C)[C@@]1(O)C(=O)COP(=O)([O-])[O-].[Na+].[Na+]. The molecule has 0 heterocycles. The largest absolute Gasteiger partial charge is 1.00 e. The fourth-order valence-electron chi connectivity index (χ4n) is 7.39. The Morgan fingerprint density at radius 2 is 1.91 bits per heavy atom. The number of phosphoric ester groups is 1. The van der Waals surface area contributed by atoms with Crippen LogP contribution in [0.1, 0.15) is 46.5 Å². The average Bonchev–Trinajstić information content (AvgIpc) is 2.89. The van der Waals surface area contributed by atoms with Gasteiger partial charge in [-0.1, -0.05) is 25.5 Å². The number of carbonyl (C=O) groups excluding carboxylic acids is 2. The average molecular weight is 516 g/mol. The topological polar surface area (TPSA) is 147 Å². The number of allylic oxidation sites excluding steroid dienone is 4. The number of carbonyl (C=O) groups is 2. The monoisotopic (exact) mass is 516 g/mol. The van der Waals surface area contributed by atoms with Crippen LogP contribution in [0.25, 0.3) is 0 Å². The van der Waals surface area contributed by atoms with Gasteiger partial charge >= 0.3 is 59.1 Å². The molecule has 0 saturated heterocycles. The maximum absolute atomic E-state index is 17.0. The molecule has 0 spiro atoms. The van der Waals surface area contributed by atoms with Gasteiger partial charge in [0.25, 0.3) is 0 Å². The number of hydrogen-bond acceptors (Lipinski definition) is 8. The van der Waals surface area contributed by atoms with Crippen molar-refractivity contribution in [2.75, 3.05) is 6.61 Å². The molecule has 0 aromatic heterocycles. The van der Waals surface area contributed by atoms with Crippen LogP contribution in [0.5, 0.6) is 0 Å². The van der Waals surface area contributed by atoms with Crippen molar-refractivity contribution in [3.63, 3.8) is 0 Å². The number of fused-ring (bicyclic) bond motifs is 5. The molecule has 0 amide bonds. The van der Waals surface area contributed by atoms with E-state index in [0.717, 1.165) is 0 Å². The molecule has 4 aliphatic rings. The molecule has 8 atom stereocenters. The molecule has 0 aromatic rings. The van der Waals surface area contributed by atoms with E-state index in [-0.39, 0.29) is 77.7 Å². The van der Waals surface area contributed by atoms with Crippen LogP contribution < -0.4 is 68.9 Å². The number of aliphatic hydroxyl groups is 2. The van der Waals surface area contributed by atoms with Gasteiger partial charge in [0.15, 0.2) is 17.2 Å². The van der Waals surface area contributed by atoms with Crippen LogP contribution in [-0.2, 0) is 18.7 Å². The predicted molar refractivity (Wildman–Crippen MR) is 106 cm³/mol. The maximum Gasteiger partial charge on any atom is 1.00 e. The molecular weight excluding hydrogens is 488 g/mol. The third-order valence-corrected chi connectivity index (χ3v) is 9.45. The molecular formula is C22H28FNa2O8P. The van der Waals surface area contributed by atoms with Crippen molar-refractivity contribution >= 4 is 19.4 Å². The zero-order valence-corrected chi connectivity index (χ0v) is 25.1. The molecule has 3 saturated carbocycles. The van der Waals surface area contributed by atoms with Gasteiger partial charge in [-0.3, -0.25) is 9.59 Å². The van der Waals surface area contributed by atoms with Crippen molar-refractivity contribution in [3.05, 3.63) is 23.8 Å². The minimum Gasteiger partial charge on any atom is -0.790 e. The van der Waals surface area contributed by atoms with E-state index in [1.165, 1.54) is 18.2 Å². The van der Waals surface area contributed by atoms with E-state index >= 15 is 4.39 Å². The van der Waals surface area contributed by atoms with Crippen LogP contribution in [0.4, 0.5) is 4.39 Å². The second kappa shape index (κ2) is 9.83. The van der Waals surface area contributed by atoms with Gasteiger partial charge in [-0.2, -0.15) is 0 Å². The summed E-state index contributed by atoms with van der Waals surface area (Å²) < 4.78 is 32.0. The number of phosphoric acid groups is 1. The van der Waals surface area contributed by atoms with E-state index in [1.54, 1.807) is 20.8 Å². The third kappa shape index (κ3) is 4.20. The van der Waals surface area contributed by atoms with Crippen molar-refractivity contribution in [1.29, 1.82) is 0 Å². The Hall–Kier alpha value is 0.780. The van der Waals surface area contributed by atoms with Crippen LogP contribution in [0, 0.1) is 28.6 Å². The van der Waals surface area contributed by atoms with Crippen molar-refractivity contribution < 1.29 is 102 Å². The first-order valence-electron chi connectivity index (χ1n) is 10.8. The van der Waals surface area contributed by atoms with Gasteiger partial charge < -0.3 is 29.1 Å². The predicted octanol–water partition coefficient (Wildman–Crippen LogP) is -5.24. The van der Waals surface area contributed by atoms with E-state index in [1.807, 2.05) is 0 Å². The molecule has 2 N–H and O–H groups in total. The minimum atomic E-state index is -5.43. The minimum absolute atomic E-state index is 0. The summed E-state index contributed by atoms with van der Waals surface area (Å²) in [5.74, 6) is -3.06. The number of aliphatic hydroxyl groups excluding tert-OH is 1. The van der Waals surface area contributed by atoms with Crippen molar-refractivity contribution in [2.45, 2.75) is 63.8 Å². The van der Waals surface area contributed by atoms with Crippen LogP contribution in [0.3, 0.4) is 0 Å². The zero-order chi connectivity index (χ0) is 23.9. The maximum atomic E-state index is 17.0. The van der Waals surface area contributed by atoms with Crippen molar-refractivity contribution in [1.82, 2.24) is 0 Å². The Morgan fingerprint density at radius 3 is 2.50 bits per heavy atom. The second-order valence-electron chi connectivity index (χ2n) is 10.3. The van der Waals surface area contributed by atoms with Crippen LogP contribution in [-0.4, -0.2) is 45.8 Å². The number of hydrogen-bond donors (Lipinski definition) is 2. The van der Waals surface area contributed by atoms with E-state index < -0.39 is 66.2 Å². The summed E-state index contributed by atoms with van der Waals surface area (Å²) >= 11 is 0. The van der Waals surface area contributed by atoms with Crippen LogP contribution in [0.2, 0.25) is 0 Å². The number of halogens is 1. The number of alkyl halides is 1. The van der Waals surface area contributed by atoms with Gasteiger partial charge in [0.05, 0.1) is 13.9 Å². The summed E-state index contributed by atoms with van der Waals surface area (Å²) in [6, 6.07) is 0. The molecule has 0 aromatic carbocycles. The van der Waals surface area contributed by atoms with Gasteiger partial charge in [-0.15, -0.1) is 0 Å². The molecule has 0 aliphatic heterocycles. The van der Waals surface area contributed by atoms with Crippen molar-refractivity contribution in [2.24, 2.45) is 28.6 Å². The Morgan fingerprint density at radius 1 is 1.29 bits per heavy atom. The normalized spacial score (nSPS) is 45.2. The summed E-state index contributed by atoms with van der Waals surface area (Å²) in [6.07, 6.45) is 3.54. The molecule has 0 radical (unpaired) electrons. The van der Waals surface area contributed by atoms with Crippen LogP contribution >= 0.6 is 7.82 Å². The molecule has 4 rings (SSSR count). The van der Waals surface area contributed by atoms with Crippen molar-refractivity contribution in [3.8, 4) is 0 Å². The van der Waals surface area contributed by atoms with Gasteiger partial charge in [0.1, 0.15) is 12.2 Å². The quantitative estimate of drug-likeness (QED) is 0.279. The molecule has 4 aliphatic carbocycles. The molecule has 12 heteroatoms. The first-order valence-corrected chi connectivity index (χ1v) is 12.3. The summed E-state index contributed by atoms with van der Waals surface area (Å²) in [5.41, 5.74) is -6.03. The third-order valence-electron chi connectivity index (χ3n) is 9.00. The van der Waals surface area contributed by atoms with Gasteiger partial charge in [-0.05, 0) is 56.6 Å². The molecule has 0 bridgehead atoms. The summed E-state index contributed by atoms with van der Waals surface area (Å²) in [4.78, 5) is 46.6. The molecule has 178 valence electrons. The summed E-state index contributed by atoms with van der Waals surface area (Å²) in [5, 5.41) is 22.8. The number of Topliss-reactive ketones (excluding diaryl/α,β-unsaturated/α-hetero) is 1. The fraction of sp³-hybridized carbons (Fsp3) is 0.727. The Balaban J connectivity index is 0.00000204. The molecule has 3 fully saturated rings. The zero-order valence-electron chi connectivity index (χ0n) is 20.2. The van der Waals surface area contributed by atoms with Gasteiger partial charge in [0.2, 0.25) is 0 Å². The fourth-order valence-corrected chi connectivity index (χ4v) is 7.66. The summed E-state index contributed by atoms with van der Waals surface area (Å²) in [6.45, 7) is 3.80. The Kier molecular flexibility index (Phi) is 8.96. The van der Waals surface area contributed by atoms with Crippen LogP contribution in [0.15, 0.2) is 23.8 Å². The number of ketones is 2. The molecule has 34 heavy (non-hydrogen) atoms. The van der Waals surface area contributed by atoms with E-state index in [0.29, 0.717) is 18.4 Å². The standard InChI is InChI=1S/C22H30FO8P.2Na/c1-12-8-16-15-5-4-13-9-14(24)6-7-19(13,2)21(15,23)17(25)10-20(16,3)22(12,27)18(26)11-31-32(28,29)30;;/h6-7,9,12,15-17,25,27H,4-5,8,10-11H2,1-3H3,(H2,28,29,30);;/q;2*+1/p-2/t12-,15?,16+,17+,19+,20+,21+,22+;;/m1../s1. The Bertz CT molecular complexity index is 984. The first-order chi connectivity index (χ1) is 14.6. The summed E-state index contributed by atoms with van der Waals surface area (Å²) in [7, 11) is -5.43. The number of rotatable bonds is 4. The van der Waals surface area contributed by atoms with Gasteiger partial charge in [0, 0.05) is 16.7 Å². The molecule has 1 unspecified atom stereocenters.